The first-order valence-electron chi connectivity index (χ1n) is 12.6. The number of amides is 1. The second kappa shape index (κ2) is 11.5. The van der Waals surface area contributed by atoms with Crippen molar-refractivity contribution in [3.05, 3.63) is 59.4 Å². The quantitative estimate of drug-likeness (QED) is 0.411. The molecule has 1 amide bonds. The smallest absolute Gasteiger partial charge is 0.255 e. The molecule has 1 aliphatic heterocycles. The number of hydrogen-bond acceptors (Lipinski definition) is 9. The number of nitriles is 1. The Labute approximate surface area is 222 Å². The number of aliphatic hydroxyl groups excluding tert-OH is 1. The fraction of sp³-hybridized carbons (Fsp3) is 0.393. The van der Waals surface area contributed by atoms with Crippen molar-refractivity contribution < 1.29 is 14.6 Å². The summed E-state index contributed by atoms with van der Waals surface area (Å²) in [7, 11) is 0. The topological polar surface area (TPSA) is 136 Å². The number of hydrogen-bond donors (Lipinski definition) is 3. The number of pyridine rings is 1. The number of carbonyl (C=O) groups is 1. The highest BCUT2D eigenvalue weighted by Crippen LogP contribution is 2.41. The Morgan fingerprint density at radius 3 is 2.58 bits per heavy atom. The molecule has 198 valence electrons. The van der Waals surface area contributed by atoms with Crippen molar-refractivity contribution >= 4 is 23.4 Å². The van der Waals surface area contributed by atoms with Gasteiger partial charge in [-0.25, -0.2) is 4.98 Å². The first-order chi connectivity index (χ1) is 18.2. The van der Waals surface area contributed by atoms with Gasteiger partial charge in [-0.15, -0.1) is 0 Å². The molecule has 3 heterocycles. The molecule has 0 spiro atoms. The molecule has 1 aromatic carbocycles. The van der Waals surface area contributed by atoms with E-state index in [9.17, 15) is 15.2 Å². The number of rotatable bonds is 8. The summed E-state index contributed by atoms with van der Waals surface area (Å²) in [6.45, 7) is 10.1. The SMILES string of the molecule is Cc1ccc(NC(=O)c2ccncc2)c(C(C)(C)C#N)c1-c1cc(N2CCOCC2)nc(NC[C@H](C)O)n1. The lowest BCUT2D eigenvalue weighted by atomic mass is 9.79. The zero-order valence-corrected chi connectivity index (χ0v) is 22.2. The maximum Gasteiger partial charge on any atom is 0.255 e. The average molecular weight is 516 g/mol. The number of aromatic nitrogens is 3. The van der Waals surface area contributed by atoms with E-state index in [2.05, 4.69) is 26.6 Å². The van der Waals surface area contributed by atoms with Gasteiger partial charge in [0, 0.05) is 60.5 Å². The second-order valence-electron chi connectivity index (χ2n) is 9.87. The third-order valence-electron chi connectivity index (χ3n) is 6.37. The summed E-state index contributed by atoms with van der Waals surface area (Å²) in [4.78, 5) is 28.7. The van der Waals surface area contributed by atoms with Crippen LogP contribution in [-0.2, 0) is 10.2 Å². The molecule has 38 heavy (non-hydrogen) atoms. The van der Waals surface area contributed by atoms with Gasteiger partial charge in [-0.2, -0.15) is 10.2 Å². The highest BCUT2D eigenvalue weighted by Gasteiger charge is 2.30. The van der Waals surface area contributed by atoms with Crippen LogP contribution in [0.15, 0.2) is 42.7 Å². The summed E-state index contributed by atoms with van der Waals surface area (Å²) in [5.41, 5.74) is 2.97. The van der Waals surface area contributed by atoms with Crippen molar-refractivity contribution in [1.82, 2.24) is 15.0 Å². The zero-order chi connectivity index (χ0) is 27.3. The standard InChI is InChI=1S/C28H33N7O3/c1-18-5-6-21(32-26(37)20-7-9-30-10-8-20)25(28(3,4)17-29)24(18)22-15-23(35-11-13-38-14-12-35)34-27(33-22)31-16-19(2)36/h5-10,15,19,36H,11-14,16H2,1-4H3,(H,32,37)(H,31,33,34)/t19-/m0/s1. The summed E-state index contributed by atoms with van der Waals surface area (Å²) in [5, 5.41) is 26.1. The molecule has 1 fully saturated rings. The second-order valence-corrected chi connectivity index (χ2v) is 9.87. The maximum atomic E-state index is 13.1. The number of nitrogens with one attached hydrogen (secondary N) is 2. The van der Waals surface area contributed by atoms with E-state index in [4.69, 9.17) is 14.7 Å². The summed E-state index contributed by atoms with van der Waals surface area (Å²) < 4.78 is 5.52. The molecule has 0 unspecified atom stereocenters. The van der Waals surface area contributed by atoms with Crippen LogP contribution in [0.1, 0.15) is 42.3 Å². The van der Waals surface area contributed by atoms with Crippen LogP contribution in [-0.4, -0.2) is 64.9 Å². The van der Waals surface area contributed by atoms with E-state index in [1.165, 1.54) is 0 Å². The molecule has 0 saturated carbocycles. The van der Waals surface area contributed by atoms with Crippen LogP contribution in [0, 0.1) is 18.3 Å². The maximum absolute atomic E-state index is 13.1. The summed E-state index contributed by atoms with van der Waals surface area (Å²) >= 11 is 0. The minimum Gasteiger partial charge on any atom is -0.392 e. The molecule has 0 aliphatic carbocycles. The summed E-state index contributed by atoms with van der Waals surface area (Å²) in [6.07, 6.45) is 2.53. The van der Waals surface area contributed by atoms with Crippen molar-refractivity contribution in [2.24, 2.45) is 0 Å². The van der Waals surface area contributed by atoms with E-state index >= 15 is 0 Å². The Balaban J connectivity index is 1.88. The van der Waals surface area contributed by atoms with Crippen LogP contribution >= 0.6 is 0 Å². The molecule has 0 radical (unpaired) electrons. The highest BCUT2D eigenvalue weighted by molar-refractivity contribution is 6.05. The van der Waals surface area contributed by atoms with E-state index in [-0.39, 0.29) is 12.5 Å². The van der Waals surface area contributed by atoms with E-state index in [0.29, 0.717) is 54.8 Å². The molecule has 2 aromatic heterocycles. The van der Waals surface area contributed by atoms with Crippen LogP contribution in [0.3, 0.4) is 0 Å². The number of aryl methyl sites for hydroxylation is 1. The van der Waals surface area contributed by atoms with Gasteiger partial charge in [0.1, 0.15) is 5.82 Å². The number of ether oxygens (including phenoxy) is 1. The molecule has 1 aliphatic rings. The van der Waals surface area contributed by atoms with E-state index in [1.54, 1.807) is 31.5 Å². The van der Waals surface area contributed by atoms with Gasteiger partial charge in [0.05, 0.1) is 36.5 Å². The lowest BCUT2D eigenvalue weighted by Gasteiger charge is -2.29. The number of anilines is 3. The first kappa shape index (κ1) is 27.0. The van der Waals surface area contributed by atoms with Crippen LogP contribution in [0.5, 0.6) is 0 Å². The molecule has 10 nitrogen and oxygen atoms in total. The average Bonchev–Trinajstić information content (AvgIpc) is 2.93. The molecule has 3 aromatic rings. The number of benzene rings is 1. The van der Waals surface area contributed by atoms with E-state index < -0.39 is 11.5 Å². The van der Waals surface area contributed by atoms with Crippen LogP contribution in [0.4, 0.5) is 17.5 Å². The molecule has 3 N–H and O–H groups in total. The van der Waals surface area contributed by atoms with Crippen LogP contribution < -0.4 is 15.5 Å². The van der Waals surface area contributed by atoms with Gasteiger partial charge in [0.25, 0.3) is 5.91 Å². The molecule has 4 rings (SSSR count). The Bertz CT molecular complexity index is 1330. The minimum atomic E-state index is -0.959. The molecule has 1 saturated heterocycles. The number of carbonyl (C=O) groups excluding carboxylic acids is 1. The van der Waals surface area contributed by atoms with Crippen molar-refractivity contribution in [3.63, 3.8) is 0 Å². The van der Waals surface area contributed by atoms with Gasteiger partial charge >= 0.3 is 0 Å². The molecular formula is C28H33N7O3. The predicted octanol–water partition coefficient (Wildman–Crippen LogP) is 3.53. The number of nitrogens with zero attached hydrogens (tertiary/aromatic N) is 5. The van der Waals surface area contributed by atoms with E-state index in [1.807, 2.05) is 39.0 Å². The Kier molecular flexibility index (Phi) is 8.20. The van der Waals surface area contributed by atoms with Crippen LogP contribution in [0.2, 0.25) is 0 Å². The number of aliphatic hydroxyl groups is 1. The van der Waals surface area contributed by atoms with Gasteiger partial charge < -0.3 is 25.4 Å². The normalized spacial score (nSPS) is 14.5. The van der Waals surface area contributed by atoms with Gasteiger partial charge in [0.2, 0.25) is 5.95 Å². The van der Waals surface area contributed by atoms with Crippen molar-refractivity contribution in [3.8, 4) is 17.3 Å². The summed E-state index contributed by atoms with van der Waals surface area (Å²) in [6, 6.07) is 11.3. The van der Waals surface area contributed by atoms with Gasteiger partial charge in [0.15, 0.2) is 0 Å². The lowest BCUT2D eigenvalue weighted by molar-refractivity contribution is 0.102. The zero-order valence-electron chi connectivity index (χ0n) is 22.2. The minimum absolute atomic E-state index is 0.281. The van der Waals surface area contributed by atoms with Gasteiger partial charge in [-0.3, -0.25) is 9.78 Å². The Morgan fingerprint density at radius 1 is 1.21 bits per heavy atom. The van der Waals surface area contributed by atoms with Gasteiger partial charge in [-0.05, 0) is 51.5 Å². The predicted molar refractivity (Wildman–Crippen MR) is 146 cm³/mol. The molecular weight excluding hydrogens is 482 g/mol. The van der Waals surface area contributed by atoms with E-state index in [0.717, 1.165) is 16.9 Å². The summed E-state index contributed by atoms with van der Waals surface area (Å²) in [5.74, 6) is 0.794. The number of morpholine rings is 1. The first-order valence-corrected chi connectivity index (χ1v) is 12.6. The fourth-order valence-electron chi connectivity index (χ4n) is 4.38. The van der Waals surface area contributed by atoms with Crippen molar-refractivity contribution in [2.45, 2.75) is 39.2 Å². The Morgan fingerprint density at radius 2 is 1.92 bits per heavy atom. The fourth-order valence-corrected chi connectivity index (χ4v) is 4.38. The highest BCUT2D eigenvalue weighted by atomic mass is 16.5. The third-order valence-corrected chi connectivity index (χ3v) is 6.37. The van der Waals surface area contributed by atoms with Gasteiger partial charge in [-0.1, -0.05) is 6.07 Å². The monoisotopic (exact) mass is 515 g/mol. The molecule has 1 atom stereocenters. The lowest BCUT2D eigenvalue weighted by Crippen LogP contribution is -2.37. The van der Waals surface area contributed by atoms with Crippen molar-refractivity contribution in [1.29, 1.82) is 5.26 Å². The largest absolute Gasteiger partial charge is 0.392 e. The molecule has 10 heteroatoms. The Hall–Kier alpha value is -4.07. The van der Waals surface area contributed by atoms with Crippen LogP contribution in [0.25, 0.3) is 11.3 Å². The third kappa shape index (κ3) is 6.07. The molecule has 0 bridgehead atoms. The van der Waals surface area contributed by atoms with Crippen molar-refractivity contribution in [2.75, 3.05) is 48.4 Å².